The van der Waals surface area contributed by atoms with Crippen molar-refractivity contribution < 1.29 is 23.8 Å². The summed E-state index contributed by atoms with van der Waals surface area (Å²) in [4.78, 5) is 23.2. The molecule has 1 N–H and O–H groups in total. The van der Waals surface area contributed by atoms with Crippen molar-refractivity contribution in [2.24, 2.45) is 0 Å². The van der Waals surface area contributed by atoms with Gasteiger partial charge < -0.3 is 19.0 Å². The van der Waals surface area contributed by atoms with Crippen LogP contribution in [0.5, 0.6) is 11.5 Å². The summed E-state index contributed by atoms with van der Waals surface area (Å²) in [6.45, 7) is 1.40. The summed E-state index contributed by atoms with van der Waals surface area (Å²) in [5, 5.41) is 10.7. The van der Waals surface area contributed by atoms with Crippen LogP contribution in [0.15, 0.2) is 27.4 Å². The van der Waals surface area contributed by atoms with Gasteiger partial charge in [-0.25, -0.2) is 4.79 Å². The molecule has 0 aliphatic carbocycles. The monoisotopic (exact) mass is 306 g/mol. The Hall–Kier alpha value is -2.34. The van der Waals surface area contributed by atoms with E-state index in [1.807, 2.05) is 0 Å². The van der Waals surface area contributed by atoms with E-state index in [2.05, 4.69) is 0 Å². The van der Waals surface area contributed by atoms with Gasteiger partial charge in [0.05, 0.1) is 20.3 Å². The number of methoxy groups -OCH3 is 2. The molecular weight excluding hydrogens is 288 g/mol. The third kappa shape index (κ3) is 3.46. The van der Waals surface area contributed by atoms with E-state index in [1.54, 1.807) is 18.2 Å². The van der Waals surface area contributed by atoms with Gasteiger partial charge in [-0.05, 0) is 24.4 Å². The second-order valence-corrected chi connectivity index (χ2v) is 5.06. The Morgan fingerprint density at radius 3 is 2.59 bits per heavy atom. The van der Waals surface area contributed by atoms with Crippen molar-refractivity contribution in [2.75, 3.05) is 14.2 Å². The number of ketones is 1. The van der Waals surface area contributed by atoms with E-state index in [4.69, 9.17) is 13.9 Å². The van der Waals surface area contributed by atoms with Crippen LogP contribution in [0, 0.1) is 0 Å². The molecule has 2 aromatic rings. The van der Waals surface area contributed by atoms with Crippen LogP contribution < -0.4 is 15.1 Å². The van der Waals surface area contributed by atoms with E-state index in [0.717, 1.165) is 0 Å². The SMILES string of the molecule is COc1cc(OC)c2c(=O)oc(C[C@H](O)CC(C)=O)cc2c1. The van der Waals surface area contributed by atoms with Crippen molar-refractivity contribution in [2.45, 2.75) is 25.9 Å². The molecule has 0 spiro atoms. The lowest BCUT2D eigenvalue weighted by molar-refractivity contribution is -0.118. The number of Topliss-reactive ketones (excluding diaryl/α,β-unsaturated/α-hetero) is 1. The third-order valence-electron chi connectivity index (χ3n) is 3.27. The van der Waals surface area contributed by atoms with Gasteiger partial charge in [0.25, 0.3) is 0 Å². The van der Waals surface area contributed by atoms with E-state index < -0.39 is 11.7 Å². The maximum absolute atomic E-state index is 12.1. The van der Waals surface area contributed by atoms with Gasteiger partial charge in [-0.3, -0.25) is 4.79 Å². The van der Waals surface area contributed by atoms with Crippen molar-refractivity contribution in [3.05, 3.63) is 34.4 Å². The number of aliphatic hydroxyl groups excluding tert-OH is 1. The molecule has 0 fully saturated rings. The lowest BCUT2D eigenvalue weighted by atomic mass is 10.1. The zero-order chi connectivity index (χ0) is 16.3. The Balaban J connectivity index is 2.47. The number of rotatable bonds is 6. The summed E-state index contributed by atoms with van der Waals surface area (Å²) in [6.07, 6.45) is -0.779. The molecule has 0 saturated carbocycles. The first kappa shape index (κ1) is 16.0. The maximum atomic E-state index is 12.1. The van der Waals surface area contributed by atoms with Crippen LogP contribution in [0.2, 0.25) is 0 Å². The van der Waals surface area contributed by atoms with Crippen molar-refractivity contribution >= 4 is 16.6 Å². The molecule has 0 aliphatic heterocycles. The quantitative estimate of drug-likeness (QED) is 0.874. The Bertz CT molecular complexity index is 746. The van der Waals surface area contributed by atoms with E-state index in [1.165, 1.54) is 21.1 Å². The Morgan fingerprint density at radius 1 is 1.27 bits per heavy atom. The van der Waals surface area contributed by atoms with Gasteiger partial charge in [0.2, 0.25) is 0 Å². The number of hydrogen-bond donors (Lipinski definition) is 1. The minimum Gasteiger partial charge on any atom is -0.497 e. The molecule has 0 saturated heterocycles. The van der Waals surface area contributed by atoms with Gasteiger partial charge in [0, 0.05) is 18.9 Å². The number of hydrogen-bond acceptors (Lipinski definition) is 6. The summed E-state index contributed by atoms with van der Waals surface area (Å²) in [5.74, 6) is 1.09. The number of carbonyl (C=O) groups is 1. The van der Waals surface area contributed by atoms with Crippen LogP contribution in [0.3, 0.4) is 0 Å². The van der Waals surface area contributed by atoms with Crippen molar-refractivity contribution in [3.8, 4) is 11.5 Å². The van der Waals surface area contributed by atoms with Crippen LogP contribution >= 0.6 is 0 Å². The van der Waals surface area contributed by atoms with Crippen molar-refractivity contribution in [3.63, 3.8) is 0 Å². The predicted molar refractivity (Wildman–Crippen MR) is 80.6 cm³/mol. The van der Waals surface area contributed by atoms with E-state index in [0.29, 0.717) is 28.0 Å². The molecule has 1 atom stereocenters. The number of ether oxygens (including phenoxy) is 2. The molecule has 6 heteroatoms. The van der Waals surface area contributed by atoms with Crippen LogP contribution in [0.4, 0.5) is 0 Å². The second-order valence-electron chi connectivity index (χ2n) is 5.06. The molecule has 1 aromatic heterocycles. The lowest BCUT2D eigenvalue weighted by Gasteiger charge is -2.10. The van der Waals surface area contributed by atoms with Gasteiger partial charge in [0.15, 0.2) is 0 Å². The second kappa shape index (κ2) is 6.62. The van der Waals surface area contributed by atoms with Gasteiger partial charge in [0.1, 0.15) is 28.4 Å². The minimum absolute atomic E-state index is 0.0170. The first-order chi connectivity index (χ1) is 10.4. The average molecular weight is 306 g/mol. The summed E-state index contributed by atoms with van der Waals surface area (Å²) in [7, 11) is 2.97. The summed E-state index contributed by atoms with van der Waals surface area (Å²) < 4.78 is 15.6. The zero-order valence-corrected chi connectivity index (χ0v) is 12.7. The molecule has 118 valence electrons. The minimum atomic E-state index is -0.884. The van der Waals surface area contributed by atoms with Crippen molar-refractivity contribution in [1.82, 2.24) is 0 Å². The highest BCUT2D eigenvalue weighted by Gasteiger charge is 2.15. The molecular formula is C16H18O6. The number of aliphatic hydroxyl groups is 1. The van der Waals surface area contributed by atoms with Crippen LogP contribution in [0.1, 0.15) is 19.1 Å². The summed E-state index contributed by atoms with van der Waals surface area (Å²) in [5.41, 5.74) is -0.554. The molecule has 1 heterocycles. The molecule has 1 aromatic carbocycles. The highest BCUT2D eigenvalue weighted by atomic mass is 16.5. The van der Waals surface area contributed by atoms with E-state index in [9.17, 15) is 14.7 Å². The fourth-order valence-corrected chi connectivity index (χ4v) is 2.33. The largest absolute Gasteiger partial charge is 0.497 e. The topological polar surface area (TPSA) is 86.0 Å². The third-order valence-corrected chi connectivity index (χ3v) is 3.27. The van der Waals surface area contributed by atoms with Crippen LogP contribution in [-0.4, -0.2) is 31.2 Å². The lowest BCUT2D eigenvalue weighted by Crippen LogP contribution is -2.15. The summed E-state index contributed by atoms with van der Waals surface area (Å²) >= 11 is 0. The fourth-order valence-electron chi connectivity index (χ4n) is 2.33. The standard InChI is InChI=1S/C16H18O6/c1-9(17)4-11(18)7-13-6-10-5-12(20-2)8-14(21-3)15(10)16(19)22-13/h5-6,8,11,18H,4,7H2,1-3H3/t11-/m1/s1. The Labute approximate surface area is 127 Å². The highest BCUT2D eigenvalue weighted by molar-refractivity contribution is 5.88. The molecule has 22 heavy (non-hydrogen) atoms. The number of benzene rings is 1. The van der Waals surface area contributed by atoms with Gasteiger partial charge in [-0.15, -0.1) is 0 Å². The fraction of sp³-hybridized carbons (Fsp3) is 0.375. The van der Waals surface area contributed by atoms with Crippen LogP contribution in [0.25, 0.3) is 10.8 Å². The maximum Gasteiger partial charge on any atom is 0.347 e. The number of carbonyl (C=O) groups excluding carboxylic acids is 1. The van der Waals surface area contributed by atoms with Crippen molar-refractivity contribution in [1.29, 1.82) is 0 Å². The van der Waals surface area contributed by atoms with Gasteiger partial charge >= 0.3 is 5.63 Å². The first-order valence-corrected chi connectivity index (χ1v) is 6.81. The molecule has 2 rings (SSSR count). The number of fused-ring (bicyclic) bond motifs is 1. The smallest absolute Gasteiger partial charge is 0.347 e. The molecule has 6 nitrogen and oxygen atoms in total. The van der Waals surface area contributed by atoms with E-state index >= 15 is 0 Å². The average Bonchev–Trinajstić information content (AvgIpc) is 2.44. The normalized spacial score (nSPS) is 12.2. The predicted octanol–water partition coefficient (Wildman–Crippen LogP) is 1.69. The molecule has 0 bridgehead atoms. The van der Waals surface area contributed by atoms with E-state index in [-0.39, 0.29) is 18.6 Å². The first-order valence-electron chi connectivity index (χ1n) is 6.81. The molecule has 0 radical (unpaired) electrons. The van der Waals surface area contributed by atoms with Gasteiger partial charge in [-0.1, -0.05) is 0 Å². The molecule has 0 unspecified atom stereocenters. The Kier molecular flexibility index (Phi) is 4.82. The zero-order valence-electron chi connectivity index (χ0n) is 12.7. The molecule has 0 amide bonds. The highest BCUT2D eigenvalue weighted by Crippen LogP contribution is 2.29. The van der Waals surface area contributed by atoms with Gasteiger partial charge in [-0.2, -0.15) is 0 Å². The summed E-state index contributed by atoms with van der Waals surface area (Å²) in [6, 6.07) is 4.93. The Morgan fingerprint density at radius 2 is 2.00 bits per heavy atom. The van der Waals surface area contributed by atoms with Crippen LogP contribution in [-0.2, 0) is 11.2 Å². The molecule has 0 aliphatic rings.